The van der Waals surface area contributed by atoms with Gasteiger partial charge in [-0.05, 0) is 5.41 Å². The van der Waals surface area contributed by atoms with Gasteiger partial charge in [-0.15, -0.1) is 23.2 Å². The maximum Gasteiger partial charge on any atom is 0.174 e. The Hall–Kier alpha value is 2.32. The summed E-state index contributed by atoms with van der Waals surface area (Å²) in [5.41, 5.74) is -1.76. The van der Waals surface area contributed by atoms with Gasteiger partial charge in [-0.2, -0.15) is 0 Å². The van der Waals surface area contributed by atoms with Crippen LogP contribution in [0.2, 0.25) is 0 Å². The fraction of sp³-hybridized carbons (Fsp3) is 1.00. The number of hydrogen-bond donors (Lipinski definition) is 0. The molecule has 0 saturated heterocycles. The lowest BCUT2D eigenvalue weighted by Crippen LogP contribution is -2.65. The third-order valence-electron chi connectivity index (χ3n) is 4.92. The van der Waals surface area contributed by atoms with Crippen LogP contribution in [0.15, 0.2) is 0 Å². The molecule has 2 aliphatic rings. The topological polar surface area (TPSA) is 0 Å². The molecule has 0 spiro atoms. The highest BCUT2D eigenvalue weighted by Gasteiger charge is 2.95. The van der Waals surface area contributed by atoms with Crippen LogP contribution in [0.4, 0.5) is 0 Å². The van der Waals surface area contributed by atoms with Crippen molar-refractivity contribution in [3.05, 3.63) is 0 Å². The lowest BCUT2D eigenvalue weighted by Gasteiger charge is -2.51. The zero-order valence-corrected chi connectivity index (χ0v) is 15.6. The van der Waals surface area contributed by atoms with E-state index in [-0.39, 0.29) is 0 Å². The minimum absolute atomic E-state index is 0.787. The van der Waals surface area contributed by atoms with Gasteiger partial charge >= 0.3 is 0 Å². The summed E-state index contributed by atoms with van der Waals surface area (Å²) in [4.78, 5) is -1.50. The van der Waals surface area contributed by atoms with E-state index in [1.807, 2.05) is 13.8 Å². The summed E-state index contributed by atoms with van der Waals surface area (Å²) in [5, 5.41) is -0.804. The lowest BCUT2D eigenvalue weighted by molar-refractivity contribution is 0.154. The van der Waals surface area contributed by atoms with Crippen LogP contribution in [0, 0.1) is 10.8 Å². The van der Waals surface area contributed by atoms with Crippen molar-refractivity contribution < 1.29 is 0 Å². The van der Waals surface area contributed by atoms with Gasteiger partial charge in [0.25, 0.3) is 0 Å². The van der Waals surface area contributed by atoms with E-state index in [0.29, 0.717) is 0 Å². The van der Waals surface area contributed by atoms with E-state index >= 15 is 0 Å². The minimum atomic E-state index is -1.75. The Morgan fingerprint density at radius 2 is 1.11 bits per heavy atom. The van der Waals surface area contributed by atoms with E-state index in [4.69, 9.17) is 92.8 Å². The van der Waals surface area contributed by atoms with Crippen molar-refractivity contribution in [3.63, 3.8) is 0 Å². The lowest BCUT2D eigenvalue weighted by atomic mass is 9.70. The van der Waals surface area contributed by atoms with Crippen LogP contribution in [-0.4, -0.2) is 23.3 Å². The number of hydrogen-bond acceptors (Lipinski definition) is 0. The molecule has 0 nitrogen and oxygen atoms in total. The molecular weight excluding hydrogens is 404 g/mol. The smallest absolute Gasteiger partial charge is 0.119 e. The Balaban J connectivity index is 2.90. The molecule has 0 amide bonds. The maximum atomic E-state index is 6.66. The molecule has 0 aromatic heterocycles. The summed E-state index contributed by atoms with van der Waals surface area (Å²) in [5.74, 6) is 0. The van der Waals surface area contributed by atoms with Gasteiger partial charge in [0.05, 0.1) is 5.38 Å². The van der Waals surface area contributed by atoms with Crippen molar-refractivity contribution in [2.45, 2.75) is 44.0 Å². The SMILES string of the molecule is CC1(C)C2(C)C(Cl)C(Cl)(Cl)C1(Cl)C(Cl)(Cl)C2(Cl)Cl. The van der Waals surface area contributed by atoms with E-state index in [9.17, 15) is 0 Å². The molecule has 0 aromatic carbocycles. The third kappa shape index (κ3) is 1.18. The Labute approximate surface area is 146 Å². The molecular formula is C10H10Cl8. The van der Waals surface area contributed by atoms with Crippen LogP contribution >= 0.6 is 92.8 Å². The van der Waals surface area contributed by atoms with Gasteiger partial charge in [0.15, 0.2) is 13.0 Å². The fourth-order valence-corrected chi connectivity index (χ4v) is 8.16. The standard InChI is InChI=1S/C10H10Cl8/c1-5(2)6(3)4(11)7(12,13)8(5,14)10(17,18)9(6,15)16/h4H,1-3H3. The molecule has 3 unspecified atom stereocenters. The van der Waals surface area contributed by atoms with Crippen molar-refractivity contribution in [2.75, 3.05) is 0 Å². The predicted octanol–water partition coefficient (Wildman–Crippen LogP) is 6.15. The van der Waals surface area contributed by atoms with E-state index in [1.54, 1.807) is 6.92 Å². The summed E-state index contributed by atoms with van der Waals surface area (Å²) < 4.78 is -4.91. The summed E-state index contributed by atoms with van der Waals surface area (Å²) in [6.45, 7) is 5.38. The van der Waals surface area contributed by atoms with Gasteiger partial charge in [0.2, 0.25) is 0 Å². The molecule has 8 heteroatoms. The molecule has 0 heterocycles. The van der Waals surface area contributed by atoms with E-state index < -0.39 is 34.1 Å². The van der Waals surface area contributed by atoms with Crippen molar-refractivity contribution in [1.82, 2.24) is 0 Å². The van der Waals surface area contributed by atoms with Crippen LogP contribution < -0.4 is 0 Å². The minimum Gasteiger partial charge on any atom is -0.119 e. The monoisotopic (exact) mass is 410 g/mol. The highest BCUT2D eigenvalue weighted by atomic mass is 35.5. The fourth-order valence-electron chi connectivity index (χ4n) is 3.32. The van der Waals surface area contributed by atoms with Crippen LogP contribution in [0.25, 0.3) is 0 Å². The molecule has 2 rings (SSSR count). The van der Waals surface area contributed by atoms with Crippen LogP contribution in [0.1, 0.15) is 20.8 Å². The number of fused-ring (bicyclic) bond motifs is 2. The van der Waals surface area contributed by atoms with Crippen molar-refractivity contribution >= 4 is 92.8 Å². The number of alkyl halides is 8. The van der Waals surface area contributed by atoms with E-state index in [2.05, 4.69) is 0 Å². The Bertz CT molecular complexity index is 414. The molecule has 2 saturated carbocycles. The van der Waals surface area contributed by atoms with Gasteiger partial charge < -0.3 is 0 Å². The second-order valence-electron chi connectivity index (χ2n) is 5.62. The molecule has 0 aromatic rings. The second-order valence-corrected chi connectivity index (χ2v) is 10.7. The second kappa shape index (κ2) is 3.80. The molecule has 18 heavy (non-hydrogen) atoms. The van der Waals surface area contributed by atoms with Gasteiger partial charge in [-0.25, -0.2) is 0 Å². The van der Waals surface area contributed by atoms with Gasteiger partial charge in [0.1, 0.15) is 4.87 Å². The van der Waals surface area contributed by atoms with Gasteiger partial charge in [0, 0.05) is 5.41 Å². The molecule has 0 radical (unpaired) electrons. The van der Waals surface area contributed by atoms with Crippen LogP contribution in [-0.2, 0) is 0 Å². The summed E-state index contributed by atoms with van der Waals surface area (Å²) >= 11 is 51.3. The Kier molecular flexibility index (Phi) is 3.52. The number of halogens is 8. The molecule has 2 aliphatic carbocycles. The Morgan fingerprint density at radius 1 is 0.722 bits per heavy atom. The quantitative estimate of drug-likeness (QED) is 0.418. The Morgan fingerprint density at radius 3 is 1.39 bits per heavy atom. The first-order valence-electron chi connectivity index (χ1n) is 5.12. The molecule has 2 fully saturated rings. The first-order valence-corrected chi connectivity index (χ1v) is 8.20. The normalized spacial score (nSPS) is 50.5. The number of rotatable bonds is 0. The predicted molar refractivity (Wildman–Crippen MR) is 83.4 cm³/mol. The molecule has 0 N–H and O–H groups in total. The zero-order valence-electron chi connectivity index (χ0n) is 9.60. The molecule has 2 bridgehead atoms. The largest absolute Gasteiger partial charge is 0.174 e. The molecule has 106 valence electrons. The highest BCUT2D eigenvalue weighted by Crippen LogP contribution is 2.87. The highest BCUT2D eigenvalue weighted by molar-refractivity contribution is 6.71. The van der Waals surface area contributed by atoms with E-state index in [0.717, 1.165) is 0 Å². The summed E-state index contributed by atoms with van der Waals surface area (Å²) in [6, 6.07) is 0. The van der Waals surface area contributed by atoms with Crippen molar-refractivity contribution in [2.24, 2.45) is 10.8 Å². The first-order chi connectivity index (χ1) is 7.65. The van der Waals surface area contributed by atoms with Gasteiger partial charge in [-0.1, -0.05) is 90.4 Å². The molecule has 3 atom stereocenters. The zero-order chi connectivity index (χ0) is 14.6. The average Bonchev–Trinajstić information content (AvgIpc) is 2.32. The van der Waals surface area contributed by atoms with E-state index in [1.165, 1.54) is 0 Å². The van der Waals surface area contributed by atoms with Crippen LogP contribution in [0.3, 0.4) is 0 Å². The summed E-state index contributed by atoms with van der Waals surface area (Å²) in [7, 11) is 0. The third-order valence-corrected chi connectivity index (χ3v) is 11.2. The van der Waals surface area contributed by atoms with Crippen molar-refractivity contribution in [3.8, 4) is 0 Å². The molecule has 0 aliphatic heterocycles. The average molecular weight is 414 g/mol. The van der Waals surface area contributed by atoms with Gasteiger partial charge in [-0.3, -0.25) is 0 Å². The first kappa shape index (κ1) is 16.7. The van der Waals surface area contributed by atoms with Crippen molar-refractivity contribution in [1.29, 1.82) is 0 Å². The van der Waals surface area contributed by atoms with Crippen LogP contribution in [0.5, 0.6) is 0 Å². The summed E-state index contributed by atoms with van der Waals surface area (Å²) in [6.07, 6.45) is 0. The maximum absolute atomic E-state index is 6.66.